The molecule has 1 aromatic carbocycles. The van der Waals surface area contributed by atoms with Crippen molar-refractivity contribution in [1.29, 1.82) is 0 Å². The predicted octanol–water partition coefficient (Wildman–Crippen LogP) is 2.92. The van der Waals surface area contributed by atoms with E-state index in [2.05, 4.69) is 15.9 Å². The second kappa shape index (κ2) is 2.48. The third-order valence-electron chi connectivity index (χ3n) is 1.65. The highest BCUT2D eigenvalue weighted by molar-refractivity contribution is 9.10. The maximum Gasteiger partial charge on any atom is 0.293 e. The van der Waals surface area contributed by atoms with Crippen LogP contribution in [0.5, 0.6) is 0 Å². The Morgan fingerprint density at radius 1 is 1.42 bits per heavy atom. The van der Waals surface area contributed by atoms with Gasteiger partial charge in [-0.2, -0.15) is 4.39 Å². The van der Waals surface area contributed by atoms with Crippen molar-refractivity contribution >= 4 is 32.6 Å². The van der Waals surface area contributed by atoms with Crippen molar-refractivity contribution in [2.45, 2.75) is 0 Å². The molecular weight excluding hydrogens is 225 g/mol. The smallest absolute Gasteiger partial charge is 0.293 e. The normalized spacial score (nSPS) is 10.8. The van der Waals surface area contributed by atoms with Crippen molar-refractivity contribution in [1.82, 2.24) is 0 Å². The second-order valence-electron chi connectivity index (χ2n) is 2.41. The third-order valence-corrected chi connectivity index (χ3v) is 2.36. The van der Waals surface area contributed by atoms with Crippen LogP contribution in [0.2, 0.25) is 0 Å². The minimum Gasteiger partial charge on any atom is -0.430 e. The van der Waals surface area contributed by atoms with Gasteiger partial charge >= 0.3 is 0 Å². The van der Waals surface area contributed by atoms with Crippen LogP contribution in [0.1, 0.15) is 0 Å². The Labute approximate surface area is 76.3 Å². The molecule has 2 nitrogen and oxygen atoms in total. The lowest BCUT2D eigenvalue weighted by atomic mass is 10.2. The Balaban J connectivity index is 2.97. The summed E-state index contributed by atoms with van der Waals surface area (Å²) in [6, 6.07) is 4.44. The zero-order chi connectivity index (χ0) is 8.72. The fraction of sp³-hybridized carbons (Fsp3) is 0. The number of fused-ring (bicyclic) bond motifs is 1. The third kappa shape index (κ3) is 0.914. The topological polar surface area (TPSA) is 39.2 Å². The lowest BCUT2D eigenvalue weighted by molar-refractivity contribution is 0.376. The first-order valence-corrected chi connectivity index (χ1v) is 4.11. The maximum atomic E-state index is 12.8. The molecule has 0 fully saturated rings. The molecule has 12 heavy (non-hydrogen) atoms. The van der Waals surface area contributed by atoms with Gasteiger partial charge in [0.05, 0.1) is 5.39 Å². The fourth-order valence-corrected chi connectivity index (χ4v) is 1.61. The summed E-state index contributed by atoms with van der Waals surface area (Å²) in [4.78, 5) is 0. The summed E-state index contributed by atoms with van der Waals surface area (Å²) in [5.74, 6) is 0. The van der Waals surface area contributed by atoms with Gasteiger partial charge in [-0.1, -0.05) is 6.07 Å². The Morgan fingerprint density at radius 3 is 2.83 bits per heavy atom. The minimum absolute atomic E-state index is 0.288. The van der Waals surface area contributed by atoms with Crippen LogP contribution in [-0.4, -0.2) is 0 Å². The van der Waals surface area contributed by atoms with E-state index in [4.69, 9.17) is 10.2 Å². The average molecular weight is 230 g/mol. The van der Waals surface area contributed by atoms with Crippen molar-refractivity contribution in [2.24, 2.45) is 0 Å². The number of hydrogen-bond acceptors (Lipinski definition) is 2. The Kier molecular flexibility index (Phi) is 1.58. The van der Waals surface area contributed by atoms with Crippen LogP contribution in [0, 0.1) is 6.01 Å². The Bertz CT molecular complexity index is 438. The molecule has 0 atom stereocenters. The molecule has 0 aliphatic carbocycles. The van der Waals surface area contributed by atoms with Crippen LogP contribution in [0.3, 0.4) is 0 Å². The number of anilines is 1. The van der Waals surface area contributed by atoms with Gasteiger partial charge in [0, 0.05) is 5.69 Å². The van der Waals surface area contributed by atoms with E-state index in [0.717, 1.165) is 0 Å². The van der Waals surface area contributed by atoms with E-state index >= 15 is 0 Å². The first kappa shape index (κ1) is 7.61. The molecule has 0 radical (unpaired) electrons. The molecular formula is C8H5BrFNO. The number of hydrogen-bond donors (Lipinski definition) is 1. The second-order valence-corrected chi connectivity index (χ2v) is 3.20. The number of halogens is 2. The van der Waals surface area contributed by atoms with Crippen LogP contribution in [0.25, 0.3) is 11.0 Å². The average Bonchev–Trinajstić information content (AvgIpc) is 2.29. The summed E-state index contributed by atoms with van der Waals surface area (Å²) in [6.07, 6.45) is 0. The van der Waals surface area contributed by atoms with E-state index in [1.807, 2.05) is 0 Å². The maximum absolute atomic E-state index is 12.8. The number of nitrogens with two attached hydrogens (primary N) is 1. The van der Waals surface area contributed by atoms with Crippen LogP contribution in [0.15, 0.2) is 27.1 Å². The lowest BCUT2D eigenvalue weighted by Crippen LogP contribution is -1.83. The van der Waals surface area contributed by atoms with E-state index in [0.29, 0.717) is 16.7 Å². The summed E-state index contributed by atoms with van der Waals surface area (Å²) in [5.41, 5.74) is 6.58. The molecule has 0 bridgehead atoms. The zero-order valence-electron chi connectivity index (χ0n) is 5.97. The largest absolute Gasteiger partial charge is 0.430 e. The Hall–Kier alpha value is -1.03. The van der Waals surface area contributed by atoms with Crippen LogP contribution in [0.4, 0.5) is 10.1 Å². The lowest BCUT2D eigenvalue weighted by Gasteiger charge is -1.92. The molecule has 0 saturated carbocycles. The molecule has 1 aromatic heterocycles. The molecule has 2 N–H and O–H groups in total. The van der Waals surface area contributed by atoms with Gasteiger partial charge in [0.15, 0.2) is 0 Å². The van der Waals surface area contributed by atoms with Gasteiger partial charge in [-0.15, -0.1) is 0 Å². The quantitative estimate of drug-likeness (QED) is 0.706. The van der Waals surface area contributed by atoms with Gasteiger partial charge in [-0.3, -0.25) is 0 Å². The molecule has 0 aliphatic heterocycles. The van der Waals surface area contributed by atoms with Crippen molar-refractivity contribution in [2.75, 3.05) is 5.73 Å². The molecule has 2 rings (SSSR count). The number of furan rings is 1. The molecule has 0 amide bonds. The summed E-state index contributed by atoms with van der Waals surface area (Å²) in [7, 11) is 0. The SMILES string of the molecule is Nc1cccc2oc(F)c(Br)c12. The summed E-state index contributed by atoms with van der Waals surface area (Å²) >= 11 is 3.05. The molecule has 4 heteroatoms. The van der Waals surface area contributed by atoms with Crippen molar-refractivity contribution in [3.8, 4) is 0 Å². The first-order chi connectivity index (χ1) is 5.70. The highest BCUT2D eigenvalue weighted by atomic mass is 79.9. The number of rotatable bonds is 0. The minimum atomic E-state index is -0.636. The number of benzene rings is 1. The monoisotopic (exact) mass is 229 g/mol. The molecule has 0 unspecified atom stereocenters. The van der Waals surface area contributed by atoms with Gasteiger partial charge < -0.3 is 10.2 Å². The van der Waals surface area contributed by atoms with Gasteiger partial charge in [-0.05, 0) is 28.1 Å². The number of nitrogen functional groups attached to an aromatic ring is 1. The van der Waals surface area contributed by atoms with Gasteiger partial charge in [0.25, 0.3) is 6.01 Å². The predicted molar refractivity (Wildman–Crippen MR) is 48.3 cm³/mol. The van der Waals surface area contributed by atoms with E-state index in [-0.39, 0.29) is 4.47 Å². The zero-order valence-corrected chi connectivity index (χ0v) is 7.56. The molecule has 0 spiro atoms. The van der Waals surface area contributed by atoms with Crippen molar-refractivity contribution in [3.63, 3.8) is 0 Å². The highest BCUT2D eigenvalue weighted by Gasteiger charge is 2.12. The highest BCUT2D eigenvalue weighted by Crippen LogP contribution is 2.33. The molecule has 0 saturated heterocycles. The van der Waals surface area contributed by atoms with E-state index in [1.165, 1.54) is 0 Å². The molecule has 62 valence electrons. The van der Waals surface area contributed by atoms with Crippen LogP contribution in [-0.2, 0) is 0 Å². The van der Waals surface area contributed by atoms with Crippen LogP contribution < -0.4 is 5.73 Å². The molecule has 1 heterocycles. The van der Waals surface area contributed by atoms with Crippen molar-refractivity contribution < 1.29 is 8.81 Å². The van der Waals surface area contributed by atoms with E-state index < -0.39 is 6.01 Å². The first-order valence-electron chi connectivity index (χ1n) is 3.32. The summed E-state index contributed by atoms with van der Waals surface area (Å²) in [5, 5.41) is 0.593. The fourth-order valence-electron chi connectivity index (χ4n) is 1.11. The molecule has 2 aromatic rings. The van der Waals surface area contributed by atoms with Gasteiger partial charge in [-0.25, -0.2) is 0 Å². The van der Waals surface area contributed by atoms with Gasteiger partial charge in [0.1, 0.15) is 10.1 Å². The Morgan fingerprint density at radius 2 is 2.17 bits per heavy atom. The summed E-state index contributed by atoms with van der Waals surface area (Å²) in [6.45, 7) is 0. The van der Waals surface area contributed by atoms with Crippen LogP contribution >= 0.6 is 15.9 Å². The molecule has 0 aliphatic rings. The summed E-state index contributed by atoms with van der Waals surface area (Å²) < 4.78 is 17.9. The van der Waals surface area contributed by atoms with E-state index in [9.17, 15) is 4.39 Å². The van der Waals surface area contributed by atoms with Crippen molar-refractivity contribution in [3.05, 3.63) is 28.7 Å². The van der Waals surface area contributed by atoms with Gasteiger partial charge in [0.2, 0.25) is 0 Å². The standard InChI is InChI=1S/C8H5BrFNO/c9-7-6-4(11)2-1-3-5(6)12-8(7)10/h1-3H,11H2. The van der Waals surface area contributed by atoms with E-state index in [1.54, 1.807) is 18.2 Å².